The summed E-state index contributed by atoms with van der Waals surface area (Å²) in [5, 5.41) is 0. The number of hydrogen-bond acceptors (Lipinski definition) is 1. The molecule has 2 nitrogen and oxygen atoms in total. The Balaban J connectivity index is 2.78. The topological polar surface area (TPSA) is 20.3 Å². The second-order valence-electron chi connectivity index (χ2n) is 4.67. The summed E-state index contributed by atoms with van der Waals surface area (Å²) in [5.41, 5.74) is -0.811. The maximum atomic E-state index is 12.8. The Morgan fingerprint density at radius 1 is 1.29 bits per heavy atom. The Hall–Kier alpha value is -0.750. The van der Waals surface area contributed by atoms with Gasteiger partial charge in [0, 0.05) is 29.5 Å². The fraction of sp³-hybridized carbons (Fsp3) is 0.500. The Kier molecular flexibility index (Phi) is 7.00. The summed E-state index contributed by atoms with van der Waals surface area (Å²) < 4.78 is 38.4. The highest BCUT2D eigenvalue weighted by Gasteiger charge is 2.33. The average Bonchev–Trinajstić information content (AvgIpc) is 2.42. The Morgan fingerprint density at radius 2 is 1.95 bits per heavy atom. The van der Waals surface area contributed by atoms with Crippen LogP contribution in [0.3, 0.4) is 0 Å². The SMILES string of the molecule is CN(CCCCCCl)C(=O)c1ccc(Br)c(C(F)(F)F)c1. The van der Waals surface area contributed by atoms with Crippen molar-refractivity contribution >= 4 is 33.4 Å². The number of alkyl halides is 4. The van der Waals surface area contributed by atoms with Crippen LogP contribution in [0.1, 0.15) is 35.2 Å². The van der Waals surface area contributed by atoms with Gasteiger partial charge in [0.15, 0.2) is 0 Å². The van der Waals surface area contributed by atoms with Gasteiger partial charge in [0.1, 0.15) is 0 Å². The molecule has 0 radical (unpaired) electrons. The van der Waals surface area contributed by atoms with Gasteiger partial charge in [0.2, 0.25) is 0 Å². The van der Waals surface area contributed by atoms with E-state index in [9.17, 15) is 18.0 Å². The second kappa shape index (κ2) is 8.03. The summed E-state index contributed by atoms with van der Waals surface area (Å²) in [4.78, 5) is 13.5. The van der Waals surface area contributed by atoms with E-state index >= 15 is 0 Å². The van der Waals surface area contributed by atoms with Crippen molar-refractivity contribution in [2.45, 2.75) is 25.4 Å². The van der Waals surface area contributed by atoms with Crippen LogP contribution in [-0.4, -0.2) is 30.3 Å². The molecule has 0 unspecified atom stereocenters. The standard InChI is InChI=1S/C14H16BrClF3NO/c1-20(8-4-2-3-7-16)13(21)10-5-6-12(15)11(9-10)14(17,18)19/h5-6,9H,2-4,7-8H2,1H3. The number of carbonyl (C=O) groups is 1. The molecule has 0 aliphatic rings. The molecule has 1 rings (SSSR count). The largest absolute Gasteiger partial charge is 0.417 e. The summed E-state index contributed by atoms with van der Waals surface area (Å²) in [6.45, 7) is 0.493. The monoisotopic (exact) mass is 385 g/mol. The minimum atomic E-state index is -4.49. The third-order valence-corrected chi connectivity index (χ3v) is 3.95. The van der Waals surface area contributed by atoms with Gasteiger partial charge in [-0.2, -0.15) is 13.2 Å². The van der Waals surface area contributed by atoms with E-state index in [0.29, 0.717) is 12.4 Å². The number of halogens is 5. The first-order valence-corrected chi connectivity index (χ1v) is 7.78. The van der Waals surface area contributed by atoms with Gasteiger partial charge in [-0.15, -0.1) is 11.6 Å². The van der Waals surface area contributed by atoms with Crippen LogP contribution in [0.5, 0.6) is 0 Å². The summed E-state index contributed by atoms with van der Waals surface area (Å²) in [5.74, 6) is 0.151. The zero-order valence-electron chi connectivity index (χ0n) is 11.5. The van der Waals surface area contributed by atoms with Gasteiger partial charge >= 0.3 is 6.18 Å². The average molecular weight is 387 g/mol. The zero-order valence-corrected chi connectivity index (χ0v) is 13.9. The first-order chi connectivity index (χ1) is 9.77. The second-order valence-corrected chi connectivity index (χ2v) is 5.90. The van der Waals surface area contributed by atoms with Gasteiger partial charge in [-0.05, 0) is 31.0 Å². The van der Waals surface area contributed by atoms with E-state index in [0.717, 1.165) is 25.3 Å². The molecule has 0 aliphatic heterocycles. The van der Waals surface area contributed by atoms with E-state index in [4.69, 9.17) is 11.6 Å². The van der Waals surface area contributed by atoms with Crippen LogP contribution in [0, 0.1) is 0 Å². The molecule has 118 valence electrons. The zero-order chi connectivity index (χ0) is 16.0. The Labute approximate surface area is 135 Å². The van der Waals surface area contributed by atoms with Gasteiger partial charge in [0.25, 0.3) is 5.91 Å². The molecule has 0 saturated carbocycles. The van der Waals surface area contributed by atoms with Crippen LogP contribution in [-0.2, 0) is 6.18 Å². The molecule has 0 heterocycles. The number of carbonyl (C=O) groups excluding carboxylic acids is 1. The molecule has 0 saturated heterocycles. The first kappa shape index (κ1) is 18.3. The molecule has 0 aromatic heterocycles. The lowest BCUT2D eigenvalue weighted by Gasteiger charge is -2.18. The minimum absolute atomic E-state index is 0.0327. The van der Waals surface area contributed by atoms with Crippen LogP contribution in [0.2, 0.25) is 0 Å². The maximum Gasteiger partial charge on any atom is 0.417 e. The third kappa shape index (κ3) is 5.51. The highest BCUT2D eigenvalue weighted by molar-refractivity contribution is 9.10. The molecular formula is C14H16BrClF3NO. The van der Waals surface area contributed by atoms with Crippen molar-refractivity contribution in [1.29, 1.82) is 0 Å². The van der Waals surface area contributed by atoms with E-state index in [1.165, 1.54) is 17.0 Å². The third-order valence-electron chi connectivity index (χ3n) is 2.99. The molecule has 0 spiro atoms. The molecule has 0 fully saturated rings. The van der Waals surface area contributed by atoms with E-state index < -0.39 is 17.6 Å². The van der Waals surface area contributed by atoms with Gasteiger partial charge in [-0.1, -0.05) is 22.4 Å². The highest BCUT2D eigenvalue weighted by Crippen LogP contribution is 2.35. The Bertz CT molecular complexity index is 494. The van der Waals surface area contributed by atoms with Crippen molar-refractivity contribution < 1.29 is 18.0 Å². The first-order valence-electron chi connectivity index (χ1n) is 6.45. The van der Waals surface area contributed by atoms with Crippen LogP contribution in [0.4, 0.5) is 13.2 Å². The van der Waals surface area contributed by atoms with Gasteiger partial charge in [-0.25, -0.2) is 0 Å². The summed E-state index contributed by atoms with van der Waals surface area (Å²) in [6, 6.07) is 3.51. The molecule has 7 heteroatoms. The number of nitrogens with zero attached hydrogens (tertiary/aromatic N) is 1. The molecule has 0 atom stereocenters. The van der Waals surface area contributed by atoms with E-state index in [-0.39, 0.29) is 10.0 Å². The van der Waals surface area contributed by atoms with E-state index in [2.05, 4.69) is 15.9 Å². The number of rotatable bonds is 6. The lowest BCUT2D eigenvalue weighted by Crippen LogP contribution is -2.28. The molecule has 0 N–H and O–H groups in total. The Morgan fingerprint density at radius 3 is 2.52 bits per heavy atom. The summed E-state index contributed by atoms with van der Waals surface area (Å²) >= 11 is 8.41. The predicted octanol–water partition coefficient (Wildman–Crippen LogP) is 4.95. The van der Waals surface area contributed by atoms with Crippen molar-refractivity contribution in [3.8, 4) is 0 Å². The van der Waals surface area contributed by atoms with Crippen LogP contribution >= 0.6 is 27.5 Å². The smallest absolute Gasteiger partial charge is 0.342 e. The van der Waals surface area contributed by atoms with Crippen LogP contribution in [0.15, 0.2) is 22.7 Å². The van der Waals surface area contributed by atoms with Crippen molar-refractivity contribution in [2.75, 3.05) is 19.5 Å². The predicted molar refractivity (Wildman–Crippen MR) is 80.7 cm³/mol. The molecule has 0 bridgehead atoms. The lowest BCUT2D eigenvalue weighted by atomic mass is 10.1. The number of hydrogen-bond donors (Lipinski definition) is 0. The fourth-order valence-electron chi connectivity index (χ4n) is 1.82. The van der Waals surface area contributed by atoms with Crippen LogP contribution in [0.25, 0.3) is 0 Å². The summed E-state index contributed by atoms with van der Waals surface area (Å²) in [6.07, 6.45) is -1.97. The molecule has 1 aromatic rings. The van der Waals surface area contributed by atoms with Crippen molar-refractivity contribution in [3.05, 3.63) is 33.8 Å². The summed E-state index contributed by atoms with van der Waals surface area (Å²) in [7, 11) is 1.58. The van der Waals surface area contributed by atoms with Crippen molar-refractivity contribution in [2.24, 2.45) is 0 Å². The molecule has 1 amide bonds. The molecular weight excluding hydrogens is 371 g/mol. The van der Waals surface area contributed by atoms with Crippen molar-refractivity contribution in [3.63, 3.8) is 0 Å². The molecule has 1 aromatic carbocycles. The normalized spacial score (nSPS) is 11.5. The molecule has 21 heavy (non-hydrogen) atoms. The quantitative estimate of drug-likeness (QED) is 0.500. The van der Waals surface area contributed by atoms with Gasteiger partial charge in [0.05, 0.1) is 5.56 Å². The maximum absolute atomic E-state index is 12.8. The van der Waals surface area contributed by atoms with E-state index in [1.807, 2.05) is 0 Å². The van der Waals surface area contributed by atoms with Gasteiger partial charge < -0.3 is 4.90 Å². The number of benzene rings is 1. The lowest BCUT2D eigenvalue weighted by molar-refractivity contribution is -0.138. The minimum Gasteiger partial charge on any atom is -0.342 e. The number of unbranched alkanes of at least 4 members (excludes halogenated alkanes) is 2. The fourth-order valence-corrected chi connectivity index (χ4v) is 2.48. The molecule has 0 aliphatic carbocycles. The number of amides is 1. The van der Waals surface area contributed by atoms with Gasteiger partial charge in [-0.3, -0.25) is 4.79 Å². The van der Waals surface area contributed by atoms with Crippen LogP contribution < -0.4 is 0 Å². The van der Waals surface area contributed by atoms with E-state index in [1.54, 1.807) is 7.05 Å². The van der Waals surface area contributed by atoms with Crippen molar-refractivity contribution in [1.82, 2.24) is 4.90 Å². The highest BCUT2D eigenvalue weighted by atomic mass is 79.9.